The lowest BCUT2D eigenvalue weighted by molar-refractivity contribution is 0.1000. The van der Waals surface area contributed by atoms with Gasteiger partial charge in [0.2, 0.25) is 5.91 Å². The maximum atomic E-state index is 11.0. The lowest BCUT2D eigenvalue weighted by atomic mass is 9.93. The van der Waals surface area contributed by atoms with Crippen LogP contribution < -0.4 is 16.4 Å². The standard InChI is InChI=1S/C13H22N4O/c1-4-17(9-13(2,3)8-14)11-6-5-10(7-16-11)12(15)18/h5-7H,4,8-9,14H2,1-3H3,(H2,15,18). The first-order valence-corrected chi connectivity index (χ1v) is 6.10. The van der Waals surface area contributed by atoms with Crippen LogP contribution in [0, 0.1) is 5.41 Å². The molecule has 1 rings (SSSR count). The van der Waals surface area contributed by atoms with Crippen LogP contribution in [0.15, 0.2) is 18.3 Å². The van der Waals surface area contributed by atoms with Gasteiger partial charge in [-0.25, -0.2) is 4.98 Å². The summed E-state index contributed by atoms with van der Waals surface area (Å²) < 4.78 is 0. The van der Waals surface area contributed by atoms with Gasteiger partial charge in [0.25, 0.3) is 0 Å². The van der Waals surface area contributed by atoms with Gasteiger partial charge in [-0.1, -0.05) is 13.8 Å². The number of nitrogens with two attached hydrogens (primary N) is 2. The van der Waals surface area contributed by atoms with E-state index in [1.165, 1.54) is 6.20 Å². The highest BCUT2D eigenvalue weighted by Crippen LogP contribution is 2.19. The second-order valence-corrected chi connectivity index (χ2v) is 5.15. The van der Waals surface area contributed by atoms with E-state index in [1.54, 1.807) is 6.07 Å². The summed E-state index contributed by atoms with van der Waals surface area (Å²) in [5.74, 6) is 0.378. The molecule has 0 radical (unpaired) electrons. The molecular weight excluding hydrogens is 228 g/mol. The number of aromatic nitrogens is 1. The van der Waals surface area contributed by atoms with Gasteiger partial charge in [0.1, 0.15) is 5.82 Å². The van der Waals surface area contributed by atoms with E-state index in [4.69, 9.17) is 11.5 Å². The fourth-order valence-corrected chi connectivity index (χ4v) is 1.65. The number of rotatable bonds is 6. The van der Waals surface area contributed by atoms with Crippen LogP contribution in [0.1, 0.15) is 31.1 Å². The van der Waals surface area contributed by atoms with Crippen molar-refractivity contribution in [3.63, 3.8) is 0 Å². The van der Waals surface area contributed by atoms with Crippen molar-refractivity contribution in [3.05, 3.63) is 23.9 Å². The van der Waals surface area contributed by atoms with Crippen molar-refractivity contribution in [3.8, 4) is 0 Å². The summed E-state index contributed by atoms with van der Waals surface area (Å²) in [4.78, 5) is 17.4. The second-order valence-electron chi connectivity index (χ2n) is 5.15. The van der Waals surface area contributed by atoms with E-state index in [9.17, 15) is 4.79 Å². The molecule has 0 aromatic carbocycles. The molecule has 4 N–H and O–H groups in total. The molecule has 5 nitrogen and oxygen atoms in total. The minimum Gasteiger partial charge on any atom is -0.366 e. The van der Waals surface area contributed by atoms with Crippen LogP contribution in [-0.2, 0) is 0 Å². The number of hydrogen-bond donors (Lipinski definition) is 2. The minimum absolute atomic E-state index is 0.0278. The summed E-state index contributed by atoms with van der Waals surface area (Å²) in [6, 6.07) is 3.51. The number of carbonyl (C=O) groups excluding carboxylic acids is 1. The van der Waals surface area contributed by atoms with Crippen LogP contribution in [0.2, 0.25) is 0 Å². The number of anilines is 1. The third-order valence-corrected chi connectivity index (χ3v) is 2.91. The summed E-state index contributed by atoms with van der Waals surface area (Å²) in [5, 5.41) is 0. The Kier molecular flexibility index (Phi) is 4.67. The fraction of sp³-hybridized carbons (Fsp3) is 0.538. The topological polar surface area (TPSA) is 85.2 Å². The van der Waals surface area contributed by atoms with Crippen LogP contribution in [0.5, 0.6) is 0 Å². The lowest BCUT2D eigenvalue weighted by Gasteiger charge is -2.31. The second kappa shape index (κ2) is 5.82. The average Bonchev–Trinajstić information content (AvgIpc) is 2.36. The molecule has 0 unspecified atom stereocenters. The van der Waals surface area contributed by atoms with Crippen LogP contribution in [0.4, 0.5) is 5.82 Å². The first kappa shape index (κ1) is 14.4. The maximum absolute atomic E-state index is 11.0. The van der Waals surface area contributed by atoms with E-state index >= 15 is 0 Å². The Morgan fingerprint density at radius 2 is 2.11 bits per heavy atom. The van der Waals surface area contributed by atoms with Gasteiger partial charge in [-0.05, 0) is 31.0 Å². The van der Waals surface area contributed by atoms with Crippen LogP contribution in [0.3, 0.4) is 0 Å². The molecule has 0 bridgehead atoms. The van der Waals surface area contributed by atoms with E-state index in [0.717, 1.165) is 18.9 Å². The van der Waals surface area contributed by atoms with Crippen molar-refractivity contribution in [2.75, 3.05) is 24.5 Å². The molecule has 0 aliphatic heterocycles. The Morgan fingerprint density at radius 3 is 2.50 bits per heavy atom. The van der Waals surface area contributed by atoms with Crippen molar-refractivity contribution in [1.29, 1.82) is 0 Å². The number of pyridine rings is 1. The Hall–Kier alpha value is -1.62. The largest absolute Gasteiger partial charge is 0.366 e. The predicted octanol–water partition coefficient (Wildman–Crippen LogP) is 0.992. The van der Waals surface area contributed by atoms with Gasteiger partial charge in [-0.15, -0.1) is 0 Å². The summed E-state index contributed by atoms with van der Waals surface area (Å²) in [6.07, 6.45) is 1.51. The van der Waals surface area contributed by atoms with E-state index < -0.39 is 5.91 Å². The molecule has 18 heavy (non-hydrogen) atoms. The number of carbonyl (C=O) groups is 1. The Balaban J connectivity index is 2.86. The smallest absolute Gasteiger partial charge is 0.250 e. The fourth-order valence-electron chi connectivity index (χ4n) is 1.65. The zero-order chi connectivity index (χ0) is 13.8. The summed E-state index contributed by atoms with van der Waals surface area (Å²) in [6.45, 7) is 8.58. The number of hydrogen-bond acceptors (Lipinski definition) is 4. The van der Waals surface area contributed by atoms with Crippen molar-refractivity contribution in [1.82, 2.24) is 4.98 Å². The number of primary amides is 1. The highest BCUT2D eigenvalue weighted by Gasteiger charge is 2.20. The SMILES string of the molecule is CCN(CC(C)(C)CN)c1ccc(C(N)=O)cn1. The van der Waals surface area contributed by atoms with E-state index in [2.05, 4.69) is 30.7 Å². The lowest BCUT2D eigenvalue weighted by Crippen LogP contribution is -2.39. The van der Waals surface area contributed by atoms with Gasteiger partial charge in [0.15, 0.2) is 0 Å². The minimum atomic E-state index is -0.459. The predicted molar refractivity (Wildman–Crippen MR) is 73.5 cm³/mol. The van der Waals surface area contributed by atoms with Crippen molar-refractivity contribution < 1.29 is 4.79 Å². The third kappa shape index (κ3) is 3.70. The van der Waals surface area contributed by atoms with Crippen LogP contribution >= 0.6 is 0 Å². The molecule has 0 aliphatic carbocycles. The first-order valence-electron chi connectivity index (χ1n) is 6.10. The van der Waals surface area contributed by atoms with Gasteiger partial charge in [-0.3, -0.25) is 4.79 Å². The zero-order valence-corrected chi connectivity index (χ0v) is 11.3. The molecule has 0 saturated heterocycles. The quantitative estimate of drug-likeness (QED) is 0.788. The van der Waals surface area contributed by atoms with Crippen molar-refractivity contribution in [2.45, 2.75) is 20.8 Å². The molecule has 0 spiro atoms. The molecule has 0 fully saturated rings. The molecular formula is C13H22N4O. The van der Waals surface area contributed by atoms with Gasteiger partial charge in [-0.2, -0.15) is 0 Å². The zero-order valence-electron chi connectivity index (χ0n) is 11.3. The molecule has 0 saturated carbocycles. The highest BCUT2D eigenvalue weighted by molar-refractivity contribution is 5.92. The molecule has 1 aromatic rings. The van der Waals surface area contributed by atoms with Gasteiger partial charge in [0.05, 0.1) is 5.56 Å². The van der Waals surface area contributed by atoms with E-state index in [1.807, 2.05) is 6.07 Å². The maximum Gasteiger partial charge on any atom is 0.250 e. The van der Waals surface area contributed by atoms with Gasteiger partial charge >= 0.3 is 0 Å². The molecule has 0 aliphatic rings. The molecule has 0 atom stereocenters. The Bertz CT molecular complexity index is 400. The Morgan fingerprint density at radius 1 is 1.44 bits per heavy atom. The van der Waals surface area contributed by atoms with Crippen LogP contribution in [0.25, 0.3) is 0 Å². The highest BCUT2D eigenvalue weighted by atomic mass is 16.1. The van der Waals surface area contributed by atoms with Crippen molar-refractivity contribution in [2.24, 2.45) is 16.9 Å². The van der Waals surface area contributed by atoms with Gasteiger partial charge < -0.3 is 16.4 Å². The van der Waals surface area contributed by atoms with E-state index in [-0.39, 0.29) is 5.41 Å². The van der Waals surface area contributed by atoms with Crippen molar-refractivity contribution >= 4 is 11.7 Å². The normalized spacial score (nSPS) is 11.3. The molecule has 5 heteroatoms. The third-order valence-electron chi connectivity index (χ3n) is 2.91. The molecule has 1 amide bonds. The van der Waals surface area contributed by atoms with Crippen LogP contribution in [-0.4, -0.2) is 30.5 Å². The first-order chi connectivity index (χ1) is 8.39. The monoisotopic (exact) mass is 250 g/mol. The summed E-state index contributed by atoms with van der Waals surface area (Å²) in [5.41, 5.74) is 11.4. The molecule has 100 valence electrons. The molecule has 1 heterocycles. The summed E-state index contributed by atoms with van der Waals surface area (Å²) in [7, 11) is 0. The number of nitrogens with zero attached hydrogens (tertiary/aromatic N) is 2. The Labute approximate surface area is 108 Å². The van der Waals surface area contributed by atoms with Gasteiger partial charge in [0, 0.05) is 19.3 Å². The number of amides is 1. The average molecular weight is 250 g/mol. The molecule has 1 aromatic heterocycles. The van der Waals surface area contributed by atoms with E-state index in [0.29, 0.717) is 12.1 Å². The summed E-state index contributed by atoms with van der Waals surface area (Å²) >= 11 is 0.